The highest BCUT2D eigenvalue weighted by molar-refractivity contribution is 5.82. The van der Waals surface area contributed by atoms with Gasteiger partial charge in [0.15, 0.2) is 0 Å². The van der Waals surface area contributed by atoms with Gasteiger partial charge in [-0.25, -0.2) is 4.79 Å². The van der Waals surface area contributed by atoms with Crippen molar-refractivity contribution in [3.05, 3.63) is 48.0 Å². The second-order valence-corrected chi connectivity index (χ2v) is 7.15. The van der Waals surface area contributed by atoms with Gasteiger partial charge >= 0.3 is 6.09 Å². The van der Waals surface area contributed by atoms with Gasteiger partial charge in [-0.05, 0) is 26.3 Å². The number of Topliss-reactive ketones (excluding diaryl/α,β-unsaturated/α-hetero) is 1. The first kappa shape index (κ1) is 19.2. The summed E-state index contributed by atoms with van der Waals surface area (Å²) in [6, 6.07) is 9.28. The highest BCUT2D eigenvalue weighted by Gasteiger charge is 2.29. The number of hydrogen-bond acceptors (Lipinski definition) is 4. The zero-order valence-electron chi connectivity index (χ0n) is 15.2. The molecule has 1 heterocycles. The summed E-state index contributed by atoms with van der Waals surface area (Å²) in [6.07, 6.45) is 4.05. The van der Waals surface area contributed by atoms with Crippen LogP contribution in [-0.4, -0.2) is 41.6 Å². The Morgan fingerprint density at radius 1 is 1.28 bits per heavy atom. The van der Waals surface area contributed by atoms with Crippen molar-refractivity contribution < 1.29 is 19.1 Å². The number of ether oxygens (including phenoxy) is 2. The molecule has 1 aromatic carbocycles. The maximum Gasteiger partial charge on any atom is 0.410 e. The zero-order chi connectivity index (χ0) is 18.3. The molecule has 1 atom stereocenters. The van der Waals surface area contributed by atoms with E-state index >= 15 is 0 Å². The summed E-state index contributed by atoms with van der Waals surface area (Å²) in [5.74, 6) is 0.165. The molecule has 0 radical (unpaired) electrons. The molecule has 0 bridgehead atoms. The lowest BCUT2D eigenvalue weighted by Crippen LogP contribution is -2.45. The predicted octanol–water partition coefficient (Wildman–Crippen LogP) is 3.73. The SMILES string of the molecule is CC(C)(C)OC/C=C\[C@H]1CC(=O)CCN1C(=O)OCc1ccccc1. The molecule has 0 spiro atoms. The van der Waals surface area contributed by atoms with Crippen LogP contribution in [0.5, 0.6) is 0 Å². The summed E-state index contributed by atoms with van der Waals surface area (Å²) in [5.41, 5.74) is 0.718. The Morgan fingerprint density at radius 2 is 2.00 bits per heavy atom. The third kappa shape index (κ3) is 6.70. The molecule has 1 aliphatic heterocycles. The van der Waals surface area contributed by atoms with Crippen molar-refractivity contribution in [1.29, 1.82) is 0 Å². The van der Waals surface area contributed by atoms with Crippen molar-refractivity contribution in [2.45, 2.75) is 51.9 Å². The zero-order valence-corrected chi connectivity index (χ0v) is 15.2. The first-order chi connectivity index (χ1) is 11.8. The lowest BCUT2D eigenvalue weighted by Gasteiger charge is -2.32. The van der Waals surface area contributed by atoms with E-state index in [0.717, 1.165) is 5.56 Å². The quantitative estimate of drug-likeness (QED) is 0.763. The third-order valence-electron chi connectivity index (χ3n) is 3.88. The van der Waals surface area contributed by atoms with E-state index in [1.54, 1.807) is 4.90 Å². The molecular formula is C20H27NO4. The van der Waals surface area contributed by atoms with Crippen LogP contribution in [0.3, 0.4) is 0 Å². The Hall–Kier alpha value is -2.14. The van der Waals surface area contributed by atoms with Gasteiger partial charge in [-0.1, -0.05) is 42.5 Å². The lowest BCUT2D eigenvalue weighted by molar-refractivity contribution is -0.122. The van der Waals surface area contributed by atoms with E-state index in [0.29, 0.717) is 26.0 Å². The summed E-state index contributed by atoms with van der Waals surface area (Å²) in [7, 11) is 0. The monoisotopic (exact) mass is 345 g/mol. The number of amides is 1. The average Bonchev–Trinajstić information content (AvgIpc) is 2.57. The van der Waals surface area contributed by atoms with Gasteiger partial charge in [0.05, 0.1) is 18.2 Å². The first-order valence-electron chi connectivity index (χ1n) is 8.65. The number of piperidine rings is 1. The number of rotatable bonds is 5. The molecule has 0 aromatic heterocycles. The minimum Gasteiger partial charge on any atom is -0.445 e. The fourth-order valence-corrected chi connectivity index (χ4v) is 2.57. The molecule has 0 saturated carbocycles. The van der Waals surface area contributed by atoms with Crippen molar-refractivity contribution in [3.63, 3.8) is 0 Å². The number of carbonyl (C=O) groups is 2. The van der Waals surface area contributed by atoms with Crippen molar-refractivity contribution in [1.82, 2.24) is 4.90 Å². The molecule has 1 fully saturated rings. The van der Waals surface area contributed by atoms with Crippen molar-refractivity contribution in [2.75, 3.05) is 13.2 Å². The van der Waals surface area contributed by atoms with Crippen molar-refractivity contribution in [3.8, 4) is 0 Å². The Morgan fingerprint density at radius 3 is 2.68 bits per heavy atom. The summed E-state index contributed by atoms with van der Waals surface area (Å²) >= 11 is 0. The molecule has 5 nitrogen and oxygen atoms in total. The van der Waals surface area contributed by atoms with E-state index in [1.807, 2.05) is 63.3 Å². The Labute approximate surface area is 149 Å². The van der Waals surface area contributed by atoms with Gasteiger partial charge in [0.25, 0.3) is 0 Å². The second-order valence-electron chi connectivity index (χ2n) is 7.15. The van der Waals surface area contributed by atoms with Crippen LogP contribution in [0.25, 0.3) is 0 Å². The molecule has 1 aliphatic rings. The summed E-state index contributed by atoms with van der Waals surface area (Å²) in [6.45, 7) is 7.02. The topological polar surface area (TPSA) is 55.8 Å². The predicted molar refractivity (Wildman–Crippen MR) is 96.2 cm³/mol. The average molecular weight is 345 g/mol. The van der Waals surface area contributed by atoms with E-state index in [4.69, 9.17) is 9.47 Å². The van der Waals surface area contributed by atoms with Crippen LogP contribution < -0.4 is 0 Å². The first-order valence-corrected chi connectivity index (χ1v) is 8.65. The molecule has 5 heteroatoms. The maximum atomic E-state index is 12.4. The third-order valence-corrected chi connectivity index (χ3v) is 3.88. The van der Waals surface area contributed by atoms with E-state index < -0.39 is 0 Å². The Kier molecular flexibility index (Phi) is 6.76. The standard InChI is InChI=1S/C20H27NO4/c1-20(2,3)25-13-7-10-17-14-18(22)11-12-21(17)19(23)24-15-16-8-5-4-6-9-16/h4-10,17H,11-15H2,1-3H3/b10-7-/t17-/m0/s1. The summed E-state index contributed by atoms with van der Waals surface area (Å²) < 4.78 is 11.0. The number of hydrogen-bond donors (Lipinski definition) is 0. The minimum atomic E-state index is -0.386. The van der Waals surface area contributed by atoms with Gasteiger partial charge in [-0.15, -0.1) is 0 Å². The maximum absolute atomic E-state index is 12.4. The van der Waals surface area contributed by atoms with Gasteiger partial charge < -0.3 is 14.4 Å². The van der Waals surface area contributed by atoms with Crippen LogP contribution >= 0.6 is 0 Å². The van der Waals surface area contributed by atoms with Crippen molar-refractivity contribution in [2.24, 2.45) is 0 Å². The fraction of sp³-hybridized carbons (Fsp3) is 0.500. The van der Waals surface area contributed by atoms with Crippen LogP contribution in [0.2, 0.25) is 0 Å². The minimum absolute atomic E-state index is 0.165. The molecule has 0 unspecified atom stereocenters. The molecule has 25 heavy (non-hydrogen) atoms. The molecule has 1 amide bonds. The highest BCUT2D eigenvalue weighted by Crippen LogP contribution is 2.18. The summed E-state index contributed by atoms with van der Waals surface area (Å²) in [4.78, 5) is 25.8. The van der Waals surface area contributed by atoms with Crippen LogP contribution in [0, 0.1) is 0 Å². The fourth-order valence-electron chi connectivity index (χ4n) is 2.57. The van der Waals surface area contributed by atoms with Crippen LogP contribution in [0.4, 0.5) is 4.79 Å². The Bertz CT molecular complexity index is 604. The lowest BCUT2D eigenvalue weighted by atomic mass is 10.0. The molecular weight excluding hydrogens is 318 g/mol. The molecule has 0 N–H and O–H groups in total. The molecule has 1 saturated heterocycles. The molecule has 136 valence electrons. The van der Waals surface area contributed by atoms with Gasteiger partial charge in [0.2, 0.25) is 0 Å². The van der Waals surface area contributed by atoms with Gasteiger partial charge in [-0.3, -0.25) is 4.79 Å². The highest BCUT2D eigenvalue weighted by atomic mass is 16.6. The van der Waals surface area contributed by atoms with Crippen LogP contribution in [0.1, 0.15) is 39.2 Å². The van der Waals surface area contributed by atoms with Gasteiger partial charge in [-0.2, -0.15) is 0 Å². The van der Waals surface area contributed by atoms with Gasteiger partial charge in [0.1, 0.15) is 12.4 Å². The second kappa shape index (κ2) is 8.81. The largest absolute Gasteiger partial charge is 0.445 e. The van der Waals surface area contributed by atoms with Crippen LogP contribution in [0.15, 0.2) is 42.5 Å². The number of likely N-dealkylation sites (tertiary alicyclic amines) is 1. The summed E-state index contributed by atoms with van der Waals surface area (Å²) in [5, 5.41) is 0. The number of ketones is 1. The number of carbonyl (C=O) groups excluding carboxylic acids is 2. The Balaban J connectivity index is 1.92. The van der Waals surface area contributed by atoms with E-state index in [2.05, 4.69) is 0 Å². The molecule has 0 aliphatic carbocycles. The van der Waals surface area contributed by atoms with Gasteiger partial charge in [0, 0.05) is 19.4 Å². The number of benzene rings is 1. The molecule has 2 rings (SSSR count). The normalized spacial score (nSPS) is 18.6. The number of nitrogens with zero attached hydrogens (tertiary/aromatic N) is 1. The van der Waals surface area contributed by atoms with Crippen molar-refractivity contribution >= 4 is 11.9 Å². The molecule has 1 aromatic rings. The van der Waals surface area contributed by atoms with E-state index in [1.165, 1.54) is 0 Å². The van der Waals surface area contributed by atoms with Crippen LogP contribution in [-0.2, 0) is 20.9 Å². The smallest absolute Gasteiger partial charge is 0.410 e. The van der Waals surface area contributed by atoms with E-state index in [9.17, 15) is 9.59 Å². The van der Waals surface area contributed by atoms with E-state index in [-0.39, 0.29) is 30.1 Å².